The summed E-state index contributed by atoms with van der Waals surface area (Å²) in [5.41, 5.74) is 9.84. The fourth-order valence-corrected chi connectivity index (χ4v) is 2.70. The van der Waals surface area contributed by atoms with Gasteiger partial charge in [0.05, 0.1) is 0 Å². The lowest BCUT2D eigenvalue weighted by Crippen LogP contribution is -2.17. The van der Waals surface area contributed by atoms with E-state index in [1.165, 1.54) is 17.7 Å². The molecule has 1 aliphatic rings. The number of benzene rings is 2. The molecule has 0 radical (unpaired) electrons. The molecule has 1 unspecified atom stereocenters. The summed E-state index contributed by atoms with van der Waals surface area (Å²) in [5.74, 6) is -0.211. The number of alkyl halides is 3. The Balaban J connectivity index is 1.92. The van der Waals surface area contributed by atoms with Crippen molar-refractivity contribution >= 4 is 0 Å². The van der Waals surface area contributed by atoms with E-state index >= 15 is 0 Å². The largest absolute Gasteiger partial charge is 0.573 e. The Hall–Kier alpha value is -2.01. The Kier molecular flexibility index (Phi) is 3.37. The summed E-state index contributed by atoms with van der Waals surface area (Å²) < 4.78 is 40.7. The van der Waals surface area contributed by atoms with Gasteiger partial charge in [-0.05, 0) is 47.2 Å². The van der Waals surface area contributed by atoms with Gasteiger partial charge in [-0.15, -0.1) is 13.2 Å². The second-order valence-electron chi connectivity index (χ2n) is 5.13. The molecule has 0 spiro atoms. The number of hydrogen-bond acceptors (Lipinski definition) is 2. The number of nitrogens with two attached hydrogens (primary N) is 1. The van der Waals surface area contributed by atoms with Crippen molar-refractivity contribution in [3.63, 3.8) is 0 Å². The molecule has 0 fully saturated rings. The molecule has 2 nitrogen and oxygen atoms in total. The zero-order chi connectivity index (χ0) is 15.0. The van der Waals surface area contributed by atoms with Gasteiger partial charge in [-0.25, -0.2) is 0 Å². The van der Waals surface area contributed by atoms with Gasteiger partial charge in [0.25, 0.3) is 0 Å². The van der Waals surface area contributed by atoms with Crippen LogP contribution in [0.5, 0.6) is 5.75 Å². The van der Waals surface area contributed by atoms with E-state index in [1.54, 1.807) is 12.1 Å². The molecular formula is C16H14F3NO. The standard InChI is InChI=1S/C16H14F3NO/c17-16(18,19)21-13-3-1-2-10(9-13)11-4-6-14-12(8-11)5-7-15(14)20/h1-4,6,8-9,15H,5,7,20H2. The lowest BCUT2D eigenvalue weighted by molar-refractivity contribution is -0.274. The van der Waals surface area contributed by atoms with Crippen LogP contribution < -0.4 is 10.5 Å². The highest BCUT2D eigenvalue weighted by Gasteiger charge is 2.31. The second kappa shape index (κ2) is 5.07. The second-order valence-corrected chi connectivity index (χ2v) is 5.13. The molecule has 0 saturated heterocycles. The number of halogens is 3. The molecule has 1 aliphatic carbocycles. The predicted octanol–water partition coefficient (Wildman–Crippen LogP) is 4.20. The van der Waals surface area contributed by atoms with E-state index in [1.807, 2.05) is 18.2 Å². The molecule has 0 amide bonds. The molecule has 0 heterocycles. The van der Waals surface area contributed by atoms with Gasteiger partial charge in [-0.2, -0.15) is 0 Å². The first-order valence-electron chi connectivity index (χ1n) is 6.67. The molecule has 3 rings (SSSR count). The smallest absolute Gasteiger partial charge is 0.406 e. The van der Waals surface area contributed by atoms with Crippen LogP contribution in [0.2, 0.25) is 0 Å². The minimum absolute atomic E-state index is 0.0638. The van der Waals surface area contributed by atoms with Crippen LogP contribution in [0.15, 0.2) is 42.5 Å². The third-order valence-corrected chi connectivity index (χ3v) is 3.67. The van der Waals surface area contributed by atoms with Gasteiger partial charge in [0.1, 0.15) is 5.75 Å². The van der Waals surface area contributed by atoms with Crippen molar-refractivity contribution in [3.05, 3.63) is 53.6 Å². The monoisotopic (exact) mass is 293 g/mol. The summed E-state index contributed by atoms with van der Waals surface area (Å²) in [4.78, 5) is 0. The molecule has 5 heteroatoms. The van der Waals surface area contributed by atoms with Crippen molar-refractivity contribution < 1.29 is 17.9 Å². The first-order valence-corrected chi connectivity index (χ1v) is 6.67. The summed E-state index contributed by atoms with van der Waals surface area (Å²) in [5, 5.41) is 0. The van der Waals surface area contributed by atoms with Gasteiger partial charge in [0.2, 0.25) is 0 Å². The Morgan fingerprint density at radius 3 is 2.57 bits per heavy atom. The van der Waals surface area contributed by atoms with Gasteiger partial charge < -0.3 is 10.5 Å². The Labute approximate surface area is 120 Å². The molecule has 2 aromatic carbocycles. The highest BCUT2D eigenvalue weighted by atomic mass is 19.4. The Morgan fingerprint density at radius 1 is 1.05 bits per heavy atom. The zero-order valence-electron chi connectivity index (χ0n) is 11.2. The summed E-state index contributed by atoms with van der Waals surface area (Å²) >= 11 is 0. The molecule has 2 N–H and O–H groups in total. The molecule has 21 heavy (non-hydrogen) atoms. The molecule has 0 bridgehead atoms. The minimum Gasteiger partial charge on any atom is -0.406 e. The third-order valence-electron chi connectivity index (χ3n) is 3.67. The molecule has 0 aliphatic heterocycles. The van der Waals surface area contributed by atoms with Crippen LogP contribution in [0.1, 0.15) is 23.6 Å². The number of aryl methyl sites for hydroxylation is 1. The van der Waals surface area contributed by atoms with Crippen LogP contribution in [-0.2, 0) is 6.42 Å². The van der Waals surface area contributed by atoms with Crippen molar-refractivity contribution in [2.24, 2.45) is 5.73 Å². The third kappa shape index (κ3) is 3.03. The van der Waals surface area contributed by atoms with Gasteiger partial charge in [0, 0.05) is 6.04 Å². The summed E-state index contributed by atoms with van der Waals surface area (Å²) in [6, 6.07) is 11.9. The SMILES string of the molecule is NC1CCc2cc(-c3cccc(OC(F)(F)F)c3)ccc21. The molecule has 0 aromatic heterocycles. The molecular weight excluding hydrogens is 279 g/mol. The van der Waals surface area contributed by atoms with E-state index in [2.05, 4.69) is 4.74 Å². The molecule has 0 saturated carbocycles. The molecule has 2 aromatic rings. The fraction of sp³-hybridized carbons (Fsp3) is 0.250. The Morgan fingerprint density at radius 2 is 1.81 bits per heavy atom. The average Bonchev–Trinajstić information content (AvgIpc) is 2.78. The number of ether oxygens (including phenoxy) is 1. The number of fused-ring (bicyclic) bond motifs is 1. The summed E-state index contributed by atoms with van der Waals surface area (Å²) in [7, 11) is 0. The van der Waals surface area contributed by atoms with E-state index in [-0.39, 0.29) is 11.8 Å². The lowest BCUT2D eigenvalue weighted by Gasteiger charge is -2.11. The minimum atomic E-state index is -4.68. The van der Waals surface area contributed by atoms with E-state index in [0.29, 0.717) is 5.56 Å². The van der Waals surface area contributed by atoms with Crippen LogP contribution in [0, 0.1) is 0 Å². The zero-order valence-corrected chi connectivity index (χ0v) is 11.2. The van der Waals surface area contributed by atoms with E-state index in [0.717, 1.165) is 24.0 Å². The van der Waals surface area contributed by atoms with Gasteiger partial charge in [-0.3, -0.25) is 0 Å². The predicted molar refractivity (Wildman–Crippen MR) is 73.8 cm³/mol. The van der Waals surface area contributed by atoms with Gasteiger partial charge in [-0.1, -0.05) is 30.3 Å². The quantitative estimate of drug-likeness (QED) is 0.900. The van der Waals surface area contributed by atoms with Crippen LogP contribution >= 0.6 is 0 Å². The highest BCUT2D eigenvalue weighted by molar-refractivity contribution is 5.67. The van der Waals surface area contributed by atoms with Crippen LogP contribution in [0.3, 0.4) is 0 Å². The topological polar surface area (TPSA) is 35.2 Å². The van der Waals surface area contributed by atoms with Crippen LogP contribution in [-0.4, -0.2) is 6.36 Å². The highest BCUT2D eigenvalue weighted by Crippen LogP contribution is 2.34. The van der Waals surface area contributed by atoms with E-state index in [4.69, 9.17) is 5.73 Å². The molecule has 1 atom stereocenters. The van der Waals surface area contributed by atoms with Crippen molar-refractivity contribution in [1.29, 1.82) is 0 Å². The van der Waals surface area contributed by atoms with Crippen LogP contribution in [0.25, 0.3) is 11.1 Å². The normalized spacial score (nSPS) is 17.6. The summed E-state index contributed by atoms with van der Waals surface area (Å²) in [6.45, 7) is 0. The average molecular weight is 293 g/mol. The summed E-state index contributed by atoms with van der Waals surface area (Å²) in [6.07, 6.45) is -2.86. The van der Waals surface area contributed by atoms with Crippen molar-refractivity contribution in [2.45, 2.75) is 25.2 Å². The van der Waals surface area contributed by atoms with Crippen LogP contribution in [0.4, 0.5) is 13.2 Å². The lowest BCUT2D eigenvalue weighted by atomic mass is 10.00. The van der Waals surface area contributed by atoms with Crippen molar-refractivity contribution in [1.82, 2.24) is 0 Å². The maximum absolute atomic E-state index is 12.3. The first-order chi connectivity index (χ1) is 9.92. The van der Waals surface area contributed by atoms with Crippen molar-refractivity contribution in [2.75, 3.05) is 0 Å². The maximum Gasteiger partial charge on any atom is 0.573 e. The molecule has 110 valence electrons. The van der Waals surface area contributed by atoms with Crippen molar-refractivity contribution in [3.8, 4) is 16.9 Å². The number of rotatable bonds is 2. The van der Waals surface area contributed by atoms with E-state index in [9.17, 15) is 13.2 Å². The Bertz CT molecular complexity index is 667. The van der Waals surface area contributed by atoms with Gasteiger partial charge in [0.15, 0.2) is 0 Å². The maximum atomic E-state index is 12.3. The first kappa shape index (κ1) is 13.9. The van der Waals surface area contributed by atoms with Gasteiger partial charge >= 0.3 is 6.36 Å². The number of hydrogen-bond donors (Lipinski definition) is 1. The fourth-order valence-electron chi connectivity index (χ4n) is 2.70. The van der Waals surface area contributed by atoms with E-state index < -0.39 is 6.36 Å².